The molecule has 3 unspecified atom stereocenters. The lowest BCUT2D eigenvalue weighted by Crippen LogP contribution is -2.41. The van der Waals surface area contributed by atoms with Crippen LogP contribution in [0.15, 0.2) is 23.1 Å². The van der Waals surface area contributed by atoms with Crippen LogP contribution < -0.4 is 5.32 Å². The van der Waals surface area contributed by atoms with Crippen LogP contribution >= 0.6 is 23.4 Å². The van der Waals surface area contributed by atoms with Crippen LogP contribution in [0.3, 0.4) is 0 Å². The summed E-state index contributed by atoms with van der Waals surface area (Å²) in [6.45, 7) is 3.10. The zero-order valence-electron chi connectivity index (χ0n) is 11.9. The van der Waals surface area contributed by atoms with Crippen molar-refractivity contribution in [3.8, 4) is 0 Å². The Kier molecular flexibility index (Phi) is 4.92. The van der Waals surface area contributed by atoms with Crippen molar-refractivity contribution in [2.24, 2.45) is 0 Å². The minimum absolute atomic E-state index is 0.429. The standard InChI is InChI=1S/C16H22ClNOS/c1-2-13-10-12(5-7-19-13)18-15-6-8-20-16-4-3-11(17)9-14(15)16/h3-4,9,12-13,15,18H,2,5-8,10H2,1H3. The number of nitrogens with one attached hydrogen (secondary N) is 1. The van der Waals surface area contributed by atoms with Crippen molar-refractivity contribution in [2.45, 2.75) is 55.7 Å². The Bertz CT molecular complexity index is 468. The van der Waals surface area contributed by atoms with Gasteiger partial charge in [0, 0.05) is 28.6 Å². The number of halogens is 1. The normalized spacial score (nSPS) is 30.0. The molecule has 0 saturated carbocycles. The summed E-state index contributed by atoms with van der Waals surface area (Å²) in [5.74, 6) is 1.19. The van der Waals surface area contributed by atoms with Gasteiger partial charge >= 0.3 is 0 Å². The maximum atomic E-state index is 6.17. The molecule has 0 amide bonds. The Morgan fingerprint density at radius 2 is 2.30 bits per heavy atom. The summed E-state index contributed by atoms with van der Waals surface area (Å²) in [6, 6.07) is 7.32. The second-order valence-electron chi connectivity index (χ2n) is 5.66. The molecule has 2 aliphatic heterocycles. The van der Waals surface area contributed by atoms with E-state index in [1.165, 1.54) is 22.6 Å². The smallest absolute Gasteiger partial charge is 0.0587 e. The summed E-state index contributed by atoms with van der Waals surface area (Å²) in [5.41, 5.74) is 1.38. The lowest BCUT2D eigenvalue weighted by Gasteiger charge is -2.35. The summed E-state index contributed by atoms with van der Waals surface area (Å²) in [6.07, 6.45) is 4.98. The highest BCUT2D eigenvalue weighted by molar-refractivity contribution is 7.99. The highest BCUT2D eigenvalue weighted by Crippen LogP contribution is 2.38. The average molecular weight is 312 g/mol. The Hall–Kier alpha value is -0.220. The Balaban J connectivity index is 1.71. The topological polar surface area (TPSA) is 21.3 Å². The van der Waals surface area contributed by atoms with Crippen molar-refractivity contribution in [3.63, 3.8) is 0 Å². The van der Waals surface area contributed by atoms with Crippen LogP contribution in [0.25, 0.3) is 0 Å². The Labute approximate surface area is 130 Å². The fraction of sp³-hybridized carbons (Fsp3) is 0.625. The van der Waals surface area contributed by atoms with Crippen LogP contribution in [-0.2, 0) is 4.74 Å². The SMILES string of the molecule is CCC1CC(NC2CCSc3ccc(Cl)cc32)CCO1. The Morgan fingerprint density at radius 1 is 1.40 bits per heavy atom. The third-order valence-corrected chi connectivity index (χ3v) is 5.63. The van der Waals surface area contributed by atoms with Crippen LogP contribution in [0.4, 0.5) is 0 Å². The van der Waals surface area contributed by atoms with E-state index in [0.717, 1.165) is 30.9 Å². The fourth-order valence-corrected chi connectivity index (χ4v) is 4.43. The fourth-order valence-electron chi connectivity index (χ4n) is 3.14. The van der Waals surface area contributed by atoms with Gasteiger partial charge in [-0.15, -0.1) is 11.8 Å². The van der Waals surface area contributed by atoms with E-state index in [-0.39, 0.29) is 0 Å². The van der Waals surface area contributed by atoms with Crippen molar-refractivity contribution in [2.75, 3.05) is 12.4 Å². The van der Waals surface area contributed by atoms with Crippen LogP contribution in [0.5, 0.6) is 0 Å². The Morgan fingerprint density at radius 3 is 3.15 bits per heavy atom. The minimum atomic E-state index is 0.429. The molecule has 0 spiro atoms. The molecule has 4 heteroatoms. The molecule has 1 N–H and O–H groups in total. The quantitative estimate of drug-likeness (QED) is 0.892. The molecule has 0 aliphatic carbocycles. The third-order valence-electron chi connectivity index (χ3n) is 4.27. The van der Waals surface area contributed by atoms with Gasteiger partial charge in [0.2, 0.25) is 0 Å². The molecule has 1 aromatic rings. The molecule has 20 heavy (non-hydrogen) atoms. The molecule has 0 bridgehead atoms. The molecular weight excluding hydrogens is 290 g/mol. The maximum Gasteiger partial charge on any atom is 0.0587 e. The van der Waals surface area contributed by atoms with Crippen molar-refractivity contribution >= 4 is 23.4 Å². The van der Waals surface area contributed by atoms with E-state index in [2.05, 4.69) is 24.4 Å². The summed E-state index contributed by atoms with van der Waals surface area (Å²) in [7, 11) is 0. The van der Waals surface area contributed by atoms with E-state index in [1.807, 2.05) is 17.8 Å². The van der Waals surface area contributed by atoms with Gasteiger partial charge < -0.3 is 10.1 Å². The second-order valence-corrected chi connectivity index (χ2v) is 7.23. The van der Waals surface area contributed by atoms with Crippen molar-refractivity contribution in [3.05, 3.63) is 28.8 Å². The van der Waals surface area contributed by atoms with Gasteiger partial charge in [-0.1, -0.05) is 18.5 Å². The largest absolute Gasteiger partial charge is 0.378 e. The number of hydrogen-bond acceptors (Lipinski definition) is 3. The molecule has 3 atom stereocenters. The molecule has 1 saturated heterocycles. The monoisotopic (exact) mass is 311 g/mol. The lowest BCUT2D eigenvalue weighted by molar-refractivity contribution is -0.00216. The minimum Gasteiger partial charge on any atom is -0.378 e. The molecule has 3 rings (SSSR count). The van der Waals surface area contributed by atoms with E-state index in [9.17, 15) is 0 Å². The van der Waals surface area contributed by atoms with Gasteiger partial charge in [0.05, 0.1) is 6.10 Å². The van der Waals surface area contributed by atoms with Crippen LogP contribution in [-0.4, -0.2) is 24.5 Å². The summed E-state index contributed by atoms with van der Waals surface area (Å²) < 4.78 is 5.77. The molecule has 1 aromatic carbocycles. The predicted molar refractivity (Wildman–Crippen MR) is 85.7 cm³/mol. The number of rotatable bonds is 3. The van der Waals surface area contributed by atoms with E-state index < -0.39 is 0 Å². The van der Waals surface area contributed by atoms with E-state index >= 15 is 0 Å². The van der Waals surface area contributed by atoms with Gasteiger partial charge in [0.1, 0.15) is 0 Å². The lowest BCUT2D eigenvalue weighted by atomic mass is 9.97. The van der Waals surface area contributed by atoms with E-state index in [4.69, 9.17) is 16.3 Å². The number of thioether (sulfide) groups is 1. The molecule has 0 radical (unpaired) electrons. The molecular formula is C16H22ClNOS. The number of hydrogen-bond donors (Lipinski definition) is 1. The highest BCUT2D eigenvalue weighted by atomic mass is 35.5. The first-order valence-electron chi connectivity index (χ1n) is 7.56. The molecule has 2 heterocycles. The van der Waals surface area contributed by atoms with Crippen molar-refractivity contribution in [1.82, 2.24) is 5.32 Å². The summed E-state index contributed by atoms with van der Waals surface area (Å²) in [5, 5.41) is 4.70. The van der Waals surface area contributed by atoms with Crippen molar-refractivity contribution < 1.29 is 4.74 Å². The summed E-state index contributed by atoms with van der Waals surface area (Å²) in [4.78, 5) is 1.39. The predicted octanol–water partition coefficient (Wildman–Crippen LogP) is 4.42. The molecule has 110 valence electrons. The van der Waals surface area contributed by atoms with E-state index in [1.54, 1.807) is 0 Å². The maximum absolute atomic E-state index is 6.17. The molecule has 0 aromatic heterocycles. The van der Waals surface area contributed by atoms with Gasteiger partial charge in [0.15, 0.2) is 0 Å². The molecule has 2 aliphatic rings. The van der Waals surface area contributed by atoms with Crippen LogP contribution in [0, 0.1) is 0 Å². The highest BCUT2D eigenvalue weighted by Gasteiger charge is 2.27. The molecule has 2 nitrogen and oxygen atoms in total. The first-order valence-corrected chi connectivity index (χ1v) is 8.92. The van der Waals surface area contributed by atoms with Gasteiger partial charge in [-0.25, -0.2) is 0 Å². The summed E-state index contributed by atoms with van der Waals surface area (Å²) >= 11 is 8.12. The zero-order valence-corrected chi connectivity index (χ0v) is 13.5. The van der Waals surface area contributed by atoms with Crippen molar-refractivity contribution in [1.29, 1.82) is 0 Å². The first kappa shape index (κ1) is 14.7. The van der Waals surface area contributed by atoms with Gasteiger partial charge in [0.25, 0.3) is 0 Å². The molecule has 1 fully saturated rings. The van der Waals surface area contributed by atoms with Crippen LogP contribution in [0.1, 0.15) is 44.2 Å². The van der Waals surface area contributed by atoms with Gasteiger partial charge in [-0.2, -0.15) is 0 Å². The van der Waals surface area contributed by atoms with Gasteiger partial charge in [-0.05, 0) is 55.2 Å². The third kappa shape index (κ3) is 3.33. The van der Waals surface area contributed by atoms with Gasteiger partial charge in [-0.3, -0.25) is 0 Å². The van der Waals surface area contributed by atoms with E-state index in [0.29, 0.717) is 18.2 Å². The number of ether oxygens (including phenoxy) is 1. The average Bonchev–Trinajstić information content (AvgIpc) is 2.48. The zero-order chi connectivity index (χ0) is 13.9. The van der Waals surface area contributed by atoms with Crippen LogP contribution in [0.2, 0.25) is 5.02 Å². The number of benzene rings is 1. The number of fused-ring (bicyclic) bond motifs is 1. The second kappa shape index (κ2) is 6.69. The first-order chi connectivity index (χ1) is 9.76.